The normalized spacial score (nSPS) is 17.7. The monoisotopic (exact) mass is 664 g/mol. The molecule has 0 spiro atoms. The predicted molar refractivity (Wildman–Crippen MR) is 176 cm³/mol. The van der Waals surface area contributed by atoms with Crippen molar-refractivity contribution in [1.82, 2.24) is 45.2 Å². The fourth-order valence-electron chi connectivity index (χ4n) is 6.51. The van der Waals surface area contributed by atoms with E-state index in [9.17, 15) is 19.2 Å². The Hall–Kier alpha value is -4.66. The average Bonchev–Trinajstić information content (AvgIpc) is 3.76. The van der Waals surface area contributed by atoms with Gasteiger partial charge in [-0.1, -0.05) is 37.5 Å². The van der Waals surface area contributed by atoms with Crippen LogP contribution in [-0.2, 0) is 23.2 Å². The molecule has 258 valence electrons. The number of hydrogen-bond donors (Lipinski definition) is 3. The summed E-state index contributed by atoms with van der Waals surface area (Å²) in [7, 11) is 3.56. The molecule has 1 saturated heterocycles. The quantitative estimate of drug-likeness (QED) is 0.281. The summed E-state index contributed by atoms with van der Waals surface area (Å²) in [6.07, 6.45) is 7.35. The summed E-state index contributed by atoms with van der Waals surface area (Å²) in [6.45, 7) is 6.52. The molecule has 2 aliphatic rings. The second kappa shape index (κ2) is 15.5. The largest absolute Gasteiger partial charge is 0.339 e. The van der Waals surface area contributed by atoms with Crippen LogP contribution in [0.2, 0.25) is 0 Å². The zero-order chi connectivity index (χ0) is 34.4. The maximum Gasteiger partial charge on any atom is 0.271 e. The van der Waals surface area contributed by atoms with E-state index >= 15 is 4.39 Å². The number of amides is 4. The minimum atomic E-state index is -1.00. The molecule has 15 heteroatoms. The van der Waals surface area contributed by atoms with Crippen LogP contribution in [0.25, 0.3) is 0 Å². The minimum Gasteiger partial charge on any atom is -0.339 e. The molecule has 1 aliphatic carbocycles. The number of benzene rings is 1. The van der Waals surface area contributed by atoms with Crippen molar-refractivity contribution < 1.29 is 23.6 Å². The summed E-state index contributed by atoms with van der Waals surface area (Å²) in [5.41, 5.74) is 0.951. The summed E-state index contributed by atoms with van der Waals surface area (Å²) in [5.74, 6) is -3.13. The fraction of sp³-hybridized carbons (Fsp3) is 0.545. The SMILES string of the molecule is CCn1nccc1C(=O)N[C@H](C(=O)Nc1ccc([C@H](C)[C@@H](NC(=O)c2cnnn2C)C(=O)N2CCN(C)CC2)cc1F)C1CCCCC1. The minimum absolute atomic E-state index is 0.0449. The lowest BCUT2D eigenvalue weighted by molar-refractivity contribution is -0.135. The van der Waals surface area contributed by atoms with Crippen LogP contribution in [0.3, 0.4) is 0 Å². The van der Waals surface area contributed by atoms with Gasteiger partial charge in [0.2, 0.25) is 11.8 Å². The highest BCUT2D eigenvalue weighted by Gasteiger charge is 2.35. The summed E-state index contributed by atoms with van der Waals surface area (Å²) in [5, 5.41) is 20.2. The molecule has 5 rings (SSSR count). The number of piperazine rings is 1. The summed E-state index contributed by atoms with van der Waals surface area (Å²) >= 11 is 0. The third-order valence-electron chi connectivity index (χ3n) is 9.53. The van der Waals surface area contributed by atoms with Crippen molar-refractivity contribution in [3.8, 4) is 0 Å². The number of carbonyl (C=O) groups is 4. The van der Waals surface area contributed by atoms with E-state index in [1.807, 2.05) is 14.0 Å². The molecule has 0 bridgehead atoms. The second-order valence-electron chi connectivity index (χ2n) is 12.7. The van der Waals surface area contributed by atoms with Crippen molar-refractivity contribution in [1.29, 1.82) is 0 Å². The summed E-state index contributed by atoms with van der Waals surface area (Å²) in [4.78, 5) is 57.7. The number of carbonyl (C=O) groups excluding carboxylic acids is 4. The van der Waals surface area contributed by atoms with Crippen LogP contribution in [0.5, 0.6) is 0 Å². The first kappa shape index (κ1) is 34.7. The van der Waals surface area contributed by atoms with E-state index < -0.39 is 41.5 Å². The number of anilines is 1. The number of hydrogen-bond acceptors (Lipinski definition) is 8. The molecular weight excluding hydrogens is 619 g/mol. The van der Waals surface area contributed by atoms with Crippen LogP contribution < -0.4 is 16.0 Å². The number of halogens is 1. The predicted octanol–water partition coefficient (Wildman–Crippen LogP) is 2.16. The molecular formula is C33H45FN10O4. The van der Waals surface area contributed by atoms with Gasteiger partial charge in [-0.3, -0.25) is 23.9 Å². The zero-order valence-corrected chi connectivity index (χ0v) is 28.0. The Labute approximate surface area is 279 Å². The van der Waals surface area contributed by atoms with Gasteiger partial charge in [-0.05, 0) is 56.5 Å². The molecule has 48 heavy (non-hydrogen) atoms. The highest BCUT2D eigenvalue weighted by atomic mass is 19.1. The van der Waals surface area contributed by atoms with Crippen molar-refractivity contribution in [2.24, 2.45) is 13.0 Å². The number of aryl methyl sites for hydroxylation is 2. The molecule has 3 heterocycles. The first-order valence-electron chi connectivity index (χ1n) is 16.6. The van der Waals surface area contributed by atoms with Crippen LogP contribution in [0, 0.1) is 11.7 Å². The lowest BCUT2D eigenvalue weighted by atomic mass is 9.83. The standard InChI is InChI=1S/C33H45FN10O4/c1-5-44-26(13-14-36-44)30(45)39-29(22-9-7-6-8-10-22)32(47)37-25-12-11-23(19-24(25)34)21(2)28(33(48)43-17-15-41(3)16-18-43)38-31(46)27-20-35-40-42(27)4/h11-14,19-22,28-29H,5-10,15-18H2,1-4H3,(H,37,47)(H,38,46)(H,39,45)/t21-,28+,29-/m0/s1. The van der Waals surface area contributed by atoms with Gasteiger partial charge in [0.15, 0.2) is 0 Å². The van der Waals surface area contributed by atoms with Crippen LogP contribution in [0.4, 0.5) is 10.1 Å². The van der Waals surface area contributed by atoms with Crippen LogP contribution in [-0.4, -0.2) is 104 Å². The third kappa shape index (κ3) is 7.89. The van der Waals surface area contributed by atoms with E-state index in [4.69, 9.17) is 0 Å². The van der Waals surface area contributed by atoms with E-state index in [1.54, 1.807) is 35.7 Å². The van der Waals surface area contributed by atoms with Gasteiger partial charge in [-0.15, -0.1) is 5.10 Å². The number of nitrogens with zero attached hydrogens (tertiary/aromatic N) is 7. The van der Waals surface area contributed by atoms with Gasteiger partial charge in [-0.25, -0.2) is 9.07 Å². The molecule has 4 amide bonds. The van der Waals surface area contributed by atoms with Crippen molar-refractivity contribution >= 4 is 29.3 Å². The van der Waals surface area contributed by atoms with Crippen LogP contribution >= 0.6 is 0 Å². The topological polar surface area (TPSA) is 159 Å². The van der Waals surface area contributed by atoms with E-state index in [0.717, 1.165) is 32.1 Å². The molecule has 3 atom stereocenters. The fourth-order valence-corrected chi connectivity index (χ4v) is 6.51. The second-order valence-corrected chi connectivity index (χ2v) is 12.7. The molecule has 2 aromatic heterocycles. The zero-order valence-electron chi connectivity index (χ0n) is 28.0. The van der Waals surface area contributed by atoms with Gasteiger partial charge in [0, 0.05) is 51.9 Å². The number of likely N-dealkylation sites (N-methyl/N-ethyl adjacent to an activating group) is 1. The van der Waals surface area contributed by atoms with Gasteiger partial charge < -0.3 is 25.8 Å². The van der Waals surface area contributed by atoms with Gasteiger partial charge in [-0.2, -0.15) is 5.10 Å². The smallest absolute Gasteiger partial charge is 0.271 e. The highest BCUT2D eigenvalue weighted by Crippen LogP contribution is 2.29. The maximum atomic E-state index is 15.7. The molecule has 3 aromatic rings. The van der Waals surface area contributed by atoms with Gasteiger partial charge in [0.05, 0.1) is 11.9 Å². The Balaban J connectivity index is 1.34. The lowest BCUT2D eigenvalue weighted by Gasteiger charge is -2.36. The van der Waals surface area contributed by atoms with Gasteiger partial charge >= 0.3 is 0 Å². The molecule has 1 aromatic carbocycles. The molecule has 0 unspecified atom stereocenters. The van der Waals surface area contributed by atoms with Crippen molar-refractivity contribution in [2.45, 2.75) is 70.5 Å². The first-order valence-corrected chi connectivity index (χ1v) is 16.6. The van der Waals surface area contributed by atoms with Crippen molar-refractivity contribution in [3.05, 3.63) is 59.4 Å². The van der Waals surface area contributed by atoms with Gasteiger partial charge in [0.25, 0.3) is 11.8 Å². The van der Waals surface area contributed by atoms with Crippen molar-refractivity contribution in [3.63, 3.8) is 0 Å². The number of rotatable bonds is 11. The van der Waals surface area contributed by atoms with E-state index in [2.05, 4.69) is 36.3 Å². The first-order chi connectivity index (χ1) is 23.1. The third-order valence-corrected chi connectivity index (χ3v) is 9.53. The molecule has 0 radical (unpaired) electrons. The Bertz CT molecular complexity index is 1610. The number of nitrogens with one attached hydrogen (secondary N) is 3. The average molecular weight is 665 g/mol. The molecule has 1 aliphatic heterocycles. The maximum absolute atomic E-state index is 15.7. The lowest BCUT2D eigenvalue weighted by Crippen LogP contribution is -2.55. The van der Waals surface area contributed by atoms with E-state index in [-0.39, 0.29) is 23.2 Å². The molecule has 2 fully saturated rings. The Kier molecular flexibility index (Phi) is 11.2. The number of aromatic nitrogens is 5. The highest BCUT2D eigenvalue weighted by molar-refractivity contribution is 6.01. The Morgan fingerprint density at radius 3 is 2.31 bits per heavy atom. The van der Waals surface area contributed by atoms with E-state index in [1.165, 1.54) is 29.2 Å². The van der Waals surface area contributed by atoms with Crippen LogP contribution in [0.15, 0.2) is 36.7 Å². The summed E-state index contributed by atoms with van der Waals surface area (Å²) in [6, 6.07) is 4.10. The Morgan fingerprint density at radius 1 is 0.958 bits per heavy atom. The molecule has 14 nitrogen and oxygen atoms in total. The summed E-state index contributed by atoms with van der Waals surface area (Å²) < 4.78 is 18.6. The van der Waals surface area contributed by atoms with Gasteiger partial charge in [0.1, 0.15) is 29.3 Å². The van der Waals surface area contributed by atoms with Crippen molar-refractivity contribution in [2.75, 3.05) is 38.5 Å². The molecule has 1 saturated carbocycles. The van der Waals surface area contributed by atoms with Crippen LogP contribution in [0.1, 0.15) is 78.4 Å². The Morgan fingerprint density at radius 2 is 1.67 bits per heavy atom. The van der Waals surface area contributed by atoms with E-state index in [0.29, 0.717) is 44.0 Å². The molecule has 3 N–H and O–H groups in total.